The first-order valence-corrected chi connectivity index (χ1v) is 23.1. The monoisotopic (exact) mass is 807 g/mol. The summed E-state index contributed by atoms with van der Waals surface area (Å²) in [5.74, 6) is 0.938. The highest BCUT2D eigenvalue weighted by Gasteiger charge is 2.49. The third-order valence-corrected chi connectivity index (χ3v) is 15.8. The van der Waals surface area contributed by atoms with Crippen LogP contribution in [0.25, 0.3) is 11.0 Å². The number of nitrogens with zero attached hydrogens (tertiary/aromatic N) is 2. The van der Waals surface area contributed by atoms with Gasteiger partial charge in [-0.15, -0.1) is 0 Å². The fourth-order valence-electron chi connectivity index (χ4n) is 11.5. The predicted octanol–water partition coefficient (Wildman–Crippen LogP) is 14.1. The van der Waals surface area contributed by atoms with Gasteiger partial charge in [0, 0.05) is 39.3 Å². The van der Waals surface area contributed by atoms with Crippen molar-refractivity contribution in [2.24, 2.45) is 0 Å². The number of anilines is 6. The van der Waals surface area contributed by atoms with Crippen LogP contribution < -0.4 is 26.2 Å². The summed E-state index contributed by atoms with van der Waals surface area (Å²) in [5, 5.41) is 1.22. The molecule has 0 spiro atoms. The number of hydrogen-bond acceptors (Lipinski definition) is 3. The minimum absolute atomic E-state index is 0.0135. The summed E-state index contributed by atoms with van der Waals surface area (Å²) in [7, 11) is 0. The molecule has 0 bridgehead atoms. The van der Waals surface area contributed by atoms with Gasteiger partial charge >= 0.3 is 0 Å². The van der Waals surface area contributed by atoms with Crippen LogP contribution in [-0.2, 0) is 32.5 Å². The molecule has 0 fully saturated rings. The average Bonchev–Trinajstić information content (AvgIpc) is 3.55. The molecular weight excluding hydrogens is 739 g/mol. The van der Waals surface area contributed by atoms with Crippen LogP contribution in [0.1, 0.15) is 162 Å². The molecule has 3 nitrogen and oxygen atoms in total. The van der Waals surface area contributed by atoms with E-state index in [4.69, 9.17) is 4.42 Å². The number of furan rings is 1. The van der Waals surface area contributed by atoms with Crippen LogP contribution in [-0.4, -0.2) is 6.71 Å². The second-order valence-electron chi connectivity index (χ2n) is 24.1. The normalized spacial score (nSPS) is 19.2. The van der Waals surface area contributed by atoms with Crippen LogP contribution in [0.2, 0.25) is 0 Å². The quantitative estimate of drug-likeness (QED) is 0.162. The number of benzene rings is 5. The molecule has 5 aromatic carbocycles. The fourth-order valence-corrected chi connectivity index (χ4v) is 11.5. The molecule has 314 valence electrons. The van der Waals surface area contributed by atoms with Crippen LogP contribution in [0.15, 0.2) is 89.3 Å². The van der Waals surface area contributed by atoms with Gasteiger partial charge in [-0.2, -0.15) is 0 Å². The van der Waals surface area contributed by atoms with Crippen molar-refractivity contribution in [2.45, 2.75) is 162 Å². The zero-order chi connectivity index (χ0) is 43.6. The molecule has 0 unspecified atom stereocenters. The lowest BCUT2D eigenvalue weighted by Gasteiger charge is -2.47. The molecule has 0 saturated carbocycles. The Bertz CT molecular complexity index is 2800. The molecule has 10 rings (SSSR count). The number of fused-ring (bicyclic) bond motifs is 8. The number of aryl methyl sites for hydroxylation is 1. The summed E-state index contributed by atoms with van der Waals surface area (Å²) in [6, 6.07) is 33.9. The largest absolute Gasteiger partial charge is 0.440 e. The maximum absolute atomic E-state index is 7.25. The van der Waals surface area contributed by atoms with Crippen LogP contribution in [0, 0.1) is 6.92 Å². The van der Waals surface area contributed by atoms with E-state index in [9.17, 15) is 0 Å². The van der Waals surface area contributed by atoms with Gasteiger partial charge in [0.25, 0.3) is 6.71 Å². The van der Waals surface area contributed by atoms with Crippen molar-refractivity contribution in [3.8, 4) is 0 Å². The molecule has 0 amide bonds. The van der Waals surface area contributed by atoms with E-state index in [-0.39, 0.29) is 39.2 Å². The number of rotatable bonds is 2. The predicted molar refractivity (Wildman–Crippen MR) is 263 cm³/mol. The topological polar surface area (TPSA) is 19.6 Å². The van der Waals surface area contributed by atoms with Gasteiger partial charge in [0.1, 0.15) is 5.58 Å². The van der Waals surface area contributed by atoms with E-state index in [0.717, 1.165) is 17.2 Å². The minimum atomic E-state index is -0.0208. The fraction of sp³-hybridized carbons (Fsp3) is 0.439. The van der Waals surface area contributed by atoms with E-state index in [1.807, 2.05) is 0 Å². The van der Waals surface area contributed by atoms with E-state index < -0.39 is 0 Å². The summed E-state index contributed by atoms with van der Waals surface area (Å²) in [6.07, 6.45) is 4.73. The van der Waals surface area contributed by atoms with Gasteiger partial charge in [-0.25, -0.2) is 0 Å². The smallest absolute Gasteiger partial charge is 0.257 e. The molecule has 4 heteroatoms. The Labute approximate surface area is 367 Å². The van der Waals surface area contributed by atoms with E-state index in [0.29, 0.717) is 0 Å². The van der Waals surface area contributed by atoms with Crippen LogP contribution in [0.3, 0.4) is 0 Å². The zero-order valence-corrected chi connectivity index (χ0v) is 39.8. The molecule has 3 heterocycles. The van der Waals surface area contributed by atoms with Crippen molar-refractivity contribution in [1.29, 1.82) is 0 Å². The lowest BCUT2D eigenvalue weighted by atomic mass is 9.33. The average molecular weight is 807 g/mol. The highest BCUT2D eigenvalue weighted by molar-refractivity contribution is 7.01. The standard InChI is InChI=1S/C57H67BN2O/c1-34-28-46-50-47(29-34)60(37-19-16-35(17-20-37)52(2,3)4)51-49(39-30-36(53(5,6)7)18-23-48(39)61-51)58(50)44-32-42-43(57(14,15)27-26-56(42,12)13)33-45(44)59(46)38-21-22-40-41(31-38)55(10,11)25-24-54(40,8)9/h16-23,28-33H,24-27H2,1-15H3. The molecule has 1 aromatic heterocycles. The molecule has 6 aromatic rings. The Hall–Kier alpha value is -4.70. The van der Waals surface area contributed by atoms with Crippen LogP contribution in [0.5, 0.6) is 0 Å². The Morgan fingerprint density at radius 3 is 1.59 bits per heavy atom. The maximum Gasteiger partial charge on any atom is 0.257 e. The first-order valence-electron chi connectivity index (χ1n) is 23.1. The Morgan fingerprint density at radius 1 is 0.492 bits per heavy atom. The molecular formula is C57H67BN2O. The highest BCUT2D eigenvalue weighted by Crippen LogP contribution is 2.53. The summed E-state index contributed by atoms with van der Waals surface area (Å²) in [5.41, 5.74) is 21.4. The molecule has 61 heavy (non-hydrogen) atoms. The summed E-state index contributed by atoms with van der Waals surface area (Å²) in [4.78, 5) is 5.12. The molecule has 2 aliphatic carbocycles. The van der Waals surface area contributed by atoms with Gasteiger partial charge in [-0.3, -0.25) is 4.90 Å². The molecule has 0 N–H and O–H groups in total. The maximum atomic E-state index is 7.25. The van der Waals surface area contributed by atoms with Crippen molar-refractivity contribution in [3.05, 3.63) is 124 Å². The van der Waals surface area contributed by atoms with Gasteiger partial charge < -0.3 is 9.32 Å². The first kappa shape index (κ1) is 40.4. The Morgan fingerprint density at radius 2 is 1.00 bits per heavy atom. The first-order chi connectivity index (χ1) is 28.4. The second kappa shape index (κ2) is 12.7. The van der Waals surface area contributed by atoms with E-state index in [1.165, 1.54) is 109 Å². The van der Waals surface area contributed by atoms with Crippen molar-refractivity contribution in [1.82, 2.24) is 0 Å². The SMILES string of the molecule is Cc1cc2c3c(c1)N(c1ccc(C(C)(C)C)cc1)c1oc4ccc(C(C)(C)C)cc4c1B3c1cc3c(cc1N2c1ccc2c(c1)C(C)(C)CCC2(C)C)C(C)(C)CCC3(C)C. The lowest BCUT2D eigenvalue weighted by molar-refractivity contribution is 0.332. The van der Waals surface area contributed by atoms with E-state index in [1.54, 1.807) is 0 Å². The van der Waals surface area contributed by atoms with E-state index in [2.05, 4.69) is 199 Å². The van der Waals surface area contributed by atoms with Crippen molar-refractivity contribution >= 4 is 68.4 Å². The van der Waals surface area contributed by atoms with Gasteiger partial charge in [0.2, 0.25) is 5.88 Å². The highest BCUT2D eigenvalue weighted by atomic mass is 16.4. The van der Waals surface area contributed by atoms with Gasteiger partial charge in [-0.1, -0.05) is 127 Å². The molecule has 4 aliphatic rings. The van der Waals surface area contributed by atoms with Gasteiger partial charge in [0.15, 0.2) is 0 Å². The lowest BCUT2D eigenvalue weighted by Crippen LogP contribution is -2.61. The summed E-state index contributed by atoms with van der Waals surface area (Å²) < 4.78 is 7.25. The molecule has 0 saturated heterocycles. The molecule has 0 atom stereocenters. The minimum Gasteiger partial charge on any atom is -0.440 e. The Balaban J connectivity index is 1.34. The second-order valence-corrected chi connectivity index (χ2v) is 24.1. The third kappa shape index (κ3) is 6.04. The zero-order valence-electron chi connectivity index (χ0n) is 39.8. The number of hydrogen-bond donors (Lipinski definition) is 0. The van der Waals surface area contributed by atoms with Crippen molar-refractivity contribution < 1.29 is 4.42 Å². The molecule has 2 aliphatic heterocycles. The van der Waals surface area contributed by atoms with Gasteiger partial charge in [-0.05, 0) is 170 Å². The van der Waals surface area contributed by atoms with Crippen LogP contribution in [0.4, 0.5) is 34.3 Å². The third-order valence-electron chi connectivity index (χ3n) is 15.8. The summed E-state index contributed by atoms with van der Waals surface area (Å²) >= 11 is 0. The van der Waals surface area contributed by atoms with E-state index >= 15 is 0 Å². The van der Waals surface area contributed by atoms with Gasteiger partial charge in [0.05, 0.1) is 0 Å². The van der Waals surface area contributed by atoms with Crippen molar-refractivity contribution in [2.75, 3.05) is 9.80 Å². The summed E-state index contributed by atoms with van der Waals surface area (Å²) in [6.45, 7) is 35.8. The van der Waals surface area contributed by atoms with Crippen molar-refractivity contribution in [3.63, 3.8) is 0 Å². The Kier molecular flexibility index (Phi) is 8.41. The van der Waals surface area contributed by atoms with Crippen LogP contribution >= 0.6 is 0 Å². The molecule has 0 radical (unpaired) electrons.